The highest BCUT2D eigenvalue weighted by Gasteiger charge is 2.12. The smallest absolute Gasteiger partial charge is 0.331 e. The summed E-state index contributed by atoms with van der Waals surface area (Å²) in [4.78, 5) is 32.9. The number of aryl methyl sites for hydroxylation is 3. The number of nitrogens with zero attached hydrogens (tertiary/aromatic N) is 4. The van der Waals surface area contributed by atoms with Gasteiger partial charge < -0.3 is 9.88 Å². The largest absolute Gasteiger partial charge is 0.347 e. The lowest BCUT2D eigenvalue weighted by molar-refractivity contribution is -0.116. The topological polar surface area (TPSA) is 81.8 Å². The summed E-state index contributed by atoms with van der Waals surface area (Å²) in [6, 6.07) is 7.64. The van der Waals surface area contributed by atoms with Gasteiger partial charge in [0.1, 0.15) is 5.82 Å². The fourth-order valence-electron chi connectivity index (χ4n) is 3.48. The Kier molecular flexibility index (Phi) is 5.63. The molecule has 2 heterocycles. The van der Waals surface area contributed by atoms with Crippen LogP contribution in [-0.4, -0.2) is 25.0 Å². The minimum atomic E-state index is -0.264. The van der Waals surface area contributed by atoms with Crippen LogP contribution in [-0.2, 0) is 18.4 Å². The number of anilines is 1. The number of fused-ring (bicyclic) bond motifs is 1. The van der Waals surface area contributed by atoms with Gasteiger partial charge in [-0.1, -0.05) is 13.8 Å². The Bertz CT molecular complexity index is 1080. The van der Waals surface area contributed by atoms with Crippen molar-refractivity contribution in [2.45, 2.75) is 53.0 Å². The molecule has 0 radical (unpaired) electrons. The van der Waals surface area contributed by atoms with E-state index in [0.717, 1.165) is 28.2 Å². The van der Waals surface area contributed by atoms with E-state index in [9.17, 15) is 9.59 Å². The molecule has 7 nitrogen and oxygen atoms in total. The van der Waals surface area contributed by atoms with Gasteiger partial charge in [0, 0.05) is 43.0 Å². The van der Waals surface area contributed by atoms with Crippen molar-refractivity contribution in [3.8, 4) is 0 Å². The standard InChI is InChI=1S/C21H27N5O2/c1-13(2)20-24-17-12-16(8-9-18(17)25(20)5)23-19(27)7-6-10-26-15(4)11-14(3)22-21(26)28/h8-9,11-13H,6-7,10H2,1-5H3,(H,23,27). The number of hydrogen-bond acceptors (Lipinski definition) is 4. The number of hydrogen-bond donors (Lipinski definition) is 1. The first-order chi connectivity index (χ1) is 13.3. The van der Waals surface area contributed by atoms with E-state index in [0.29, 0.717) is 31.0 Å². The Morgan fingerprint density at radius 3 is 2.61 bits per heavy atom. The van der Waals surface area contributed by atoms with Crippen molar-refractivity contribution >= 4 is 22.6 Å². The summed E-state index contributed by atoms with van der Waals surface area (Å²) < 4.78 is 3.69. The van der Waals surface area contributed by atoms with Crippen molar-refractivity contribution in [2.24, 2.45) is 7.05 Å². The molecule has 3 aromatic rings. The minimum absolute atomic E-state index is 0.0786. The summed E-state index contributed by atoms with van der Waals surface area (Å²) >= 11 is 0. The zero-order chi connectivity index (χ0) is 20.4. The van der Waals surface area contributed by atoms with E-state index in [1.807, 2.05) is 38.2 Å². The van der Waals surface area contributed by atoms with Crippen LogP contribution in [0.2, 0.25) is 0 Å². The molecule has 1 N–H and O–H groups in total. The average Bonchev–Trinajstić information content (AvgIpc) is 2.93. The molecule has 7 heteroatoms. The van der Waals surface area contributed by atoms with Crippen LogP contribution in [0.15, 0.2) is 29.1 Å². The van der Waals surface area contributed by atoms with Gasteiger partial charge in [0.25, 0.3) is 0 Å². The lowest BCUT2D eigenvalue weighted by atomic mass is 10.2. The van der Waals surface area contributed by atoms with Crippen LogP contribution in [0.25, 0.3) is 11.0 Å². The van der Waals surface area contributed by atoms with Crippen molar-refractivity contribution in [3.63, 3.8) is 0 Å². The first kappa shape index (κ1) is 19.8. The molecule has 3 rings (SSSR count). The van der Waals surface area contributed by atoms with E-state index in [1.165, 1.54) is 0 Å². The quantitative estimate of drug-likeness (QED) is 0.710. The number of benzene rings is 1. The number of amides is 1. The van der Waals surface area contributed by atoms with Crippen molar-refractivity contribution < 1.29 is 4.79 Å². The number of rotatable bonds is 6. The molecular weight excluding hydrogens is 354 g/mol. The first-order valence-electron chi connectivity index (χ1n) is 9.57. The number of imidazole rings is 1. The number of carbonyl (C=O) groups is 1. The fourth-order valence-corrected chi connectivity index (χ4v) is 3.48. The van der Waals surface area contributed by atoms with Crippen molar-refractivity contribution in [1.82, 2.24) is 19.1 Å². The van der Waals surface area contributed by atoms with Gasteiger partial charge in [-0.3, -0.25) is 9.36 Å². The monoisotopic (exact) mass is 381 g/mol. The van der Waals surface area contributed by atoms with Crippen molar-refractivity contribution in [2.75, 3.05) is 5.32 Å². The maximum Gasteiger partial charge on any atom is 0.347 e. The second-order valence-electron chi connectivity index (χ2n) is 7.51. The van der Waals surface area contributed by atoms with E-state index in [4.69, 9.17) is 0 Å². The Labute approximate surface area is 164 Å². The lowest BCUT2D eigenvalue weighted by Crippen LogP contribution is -2.26. The summed E-state index contributed by atoms with van der Waals surface area (Å²) in [6.45, 7) is 8.38. The Hall–Kier alpha value is -2.96. The third-order valence-corrected chi connectivity index (χ3v) is 4.85. The molecule has 2 aromatic heterocycles. The molecule has 0 aliphatic rings. The summed E-state index contributed by atoms with van der Waals surface area (Å²) in [6.07, 6.45) is 0.901. The van der Waals surface area contributed by atoms with Crippen LogP contribution >= 0.6 is 0 Å². The average molecular weight is 381 g/mol. The Morgan fingerprint density at radius 2 is 1.93 bits per heavy atom. The summed E-state index contributed by atoms with van der Waals surface area (Å²) in [5.74, 6) is 1.27. The molecule has 0 saturated carbocycles. The van der Waals surface area contributed by atoms with Gasteiger partial charge in [-0.2, -0.15) is 4.98 Å². The normalized spacial score (nSPS) is 11.4. The highest BCUT2D eigenvalue weighted by atomic mass is 16.2. The van der Waals surface area contributed by atoms with E-state index < -0.39 is 0 Å². The third kappa shape index (κ3) is 4.13. The number of carbonyl (C=O) groups excluding carboxylic acids is 1. The second-order valence-corrected chi connectivity index (χ2v) is 7.51. The van der Waals surface area contributed by atoms with Gasteiger partial charge in [-0.15, -0.1) is 0 Å². The number of aromatic nitrogens is 4. The molecule has 0 atom stereocenters. The third-order valence-electron chi connectivity index (χ3n) is 4.85. The van der Waals surface area contributed by atoms with Gasteiger partial charge in [0.2, 0.25) is 5.91 Å². The van der Waals surface area contributed by atoms with Crippen molar-refractivity contribution in [3.05, 3.63) is 52.0 Å². The maximum atomic E-state index is 12.3. The lowest BCUT2D eigenvalue weighted by Gasteiger charge is -2.10. The predicted octanol–water partition coefficient (Wildman–Crippen LogP) is 3.29. The SMILES string of the molecule is Cc1cc(C)n(CCCC(=O)Nc2ccc3c(c2)nc(C(C)C)n3C)c(=O)n1. The van der Waals surface area contributed by atoms with Crippen molar-refractivity contribution in [1.29, 1.82) is 0 Å². The Balaban J connectivity index is 1.63. The molecule has 0 spiro atoms. The number of nitrogens with one attached hydrogen (secondary N) is 1. The van der Waals surface area contributed by atoms with E-state index >= 15 is 0 Å². The van der Waals surface area contributed by atoms with E-state index in [2.05, 4.69) is 33.7 Å². The molecule has 1 aromatic carbocycles. The predicted molar refractivity (Wildman–Crippen MR) is 111 cm³/mol. The molecule has 1 amide bonds. The molecule has 28 heavy (non-hydrogen) atoms. The summed E-state index contributed by atoms with van der Waals surface area (Å²) in [5.41, 5.74) is 3.96. The molecule has 148 valence electrons. The molecule has 0 fully saturated rings. The molecule has 0 aliphatic heterocycles. The molecule has 0 aliphatic carbocycles. The van der Waals surface area contributed by atoms with E-state index in [-0.39, 0.29) is 11.6 Å². The first-order valence-corrected chi connectivity index (χ1v) is 9.57. The van der Waals surface area contributed by atoms with Crippen LogP contribution in [0, 0.1) is 13.8 Å². The molecular formula is C21H27N5O2. The highest BCUT2D eigenvalue weighted by molar-refractivity contribution is 5.93. The molecule has 0 saturated heterocycles. The zero-order valence-corrected chi connectivity index (χ0v) is 17.1. The summed E-state index contributed by atoms with van der Waals surface area (Å²) in [5, 5.41) is 2.93. The van der Waals surface area contributed by atoms with E-state index in [1.54, 1.807) is 11.5 Å². The molecule has 0 bridgehead atoms. The van der Waals surface area contributed by atoms with Gasteiger partial charge in [0.05, 0.1) is 11.0 Å². The van der Waals surface area contributed by atoms with Crippen LogP contribution in [0.4, 0.5) is 5.69 Å². The zero-order valence-electron chi connectivity index (χ0n) is 17.1. The molecule has 0 unspecified atom stereocenters. The highest BCUT2D eigenvalue weighted by Crippen LogP contribution is 2.23. The van der Waals surface area contributed by atoms with Crippen LogP contribution < -0.4 is 11.0 Å². The van der Waals surface area contributed by atoms with Gasteiger partial charge in [-0.25, -0.2) is 9.78 Å². The summed E-state index contributed by atoms with van der Waals surface area (Å²) in [7, 11) is 2.01. The fraction of sp³-hybridized carbons (Fsp3) is 0.429. The van der Waals surface area contributed by atoms with Crippen LogP contribution in [0.3, 0.4) is 0 Å². The van der Waals surface area contributed by atoms with Crippen LogP contribution in [0.1, 0.15) is 49.8 Å². The second kappa shape index (κ2) is 7.96. The van der Waals surface area contributed by atoms with Gasteiger partial charge in [-0.05, 0) is 44.5 Å². The van der Waals surface area contributed by atoms with Gasteiger partial charge >= 0.3 is 5.69 Å². The van der Waals surface area contributed by atoms with Crippen LogP contribution in [0.5, 0.6) is 0 Å². The Morgan fingerprint density at radius 1 is 1.18 bits per heavy atom. The maximum absolute atomic E-state index is 12.3. The van der Waals surface area contributed by atoms with Gasteiger partial charge in [0.15, 0.2) is 0 Å². The minimum Gasteiger partial charge on any atom is -0.331 e.